The van der Waals surface area contributed by atoms with Crippen molar-refractivity contribution in [1.82, 2.24) is 10.2 Å². The number of carboxylic acid groups (broad SMARTS) is 1. The number of benzene rings is 2. The number of amides is 2. The predicted octanol–water partition coefficient (Wildman–Crippen LogP) is 4.94. The van der Waals surface area contributed by atoms with Gasteiger partial charge in [-0.25, -0.2) is 4.79 Å². The number of fused-ring (bicyclic) bond motifs is 3. The van der Waals surface area contributed by atoms with Gasteiger partial charge in [0.2, 0.25) is 5.91 Å². The highest BCUT2D eigenvalue weighted by Crippen LogP contribution is 2.44. The first-order valence-electron chi connectivity index (χ1n) is 12.3. The fraction of sp³-hybridized carbons (Fsp3) is 0.464. The smallest absolute Gasteiger partial charge is 0.408 e. The molecule has 0 aliphatic heterocycles. The SMILES string of the molecule is CN(C(=O)C(C)(C)NC(=O)OCC1c2ccccc2-c2ccccc21)C1(CC(=O)O)CCCCC1. The first kappa shape index (κ1) is 24.8. The van der Waals surface area contributed by atoms with Gasteiger partial charge in [-0.3, -0.25) is 9.59 Å². The summed E-state index contributed by atoms with van der Waals surface area (Å²) < 4.78 is 5.63. The fourth-order valence-electron chi connectivity index (χ4n) is 5.70. The van der Waals surface area contributed by atoms with E-state index in [4.69, 9.17) is 4.74 Å². The normalized spacial score (nSPS) is 16.7. The minimum absolute atomic E-state index is 0.0734. The molecule has 2 aromatic carbocycles. The molecule has 0 heterocycles. The summed E-state index contributed by atoms with van der Waals surface area (Å²) in [5.41, 5.74) is 2.53. The molecule has 2 aliphatic rings. The van der Waals surface area contributed by atoms with Crippen LogP contribution in [0.1, 0.15) is 69.4 Å². The minimum Gasteiger partial charge on any atom is -0.481 e. The molecule has 186 valence electrons. The molecule has 0 aromatic heterocycles. The van der Waals surface area contributed by atoms with Crippen molar-refractivity contribution in [3.8, 4) is 11.1 Å². The van der Waals surface area contributed by atoms with E-state index in [0.29, 0.717) is 12.8 Å². The van der Waals surface area contributed by atoms with Gasteiger partial charge in [0, 0.05) is 13.0 Å². The van der Waals surface area contributed by atoms with Gasteiger partial charge in [0.25, 0.3) is 0 Å². The first-order valence-corrected chi connectivity index (χ1v) is 12.3. The summed E-state index contributed by atoms with van der Waals surface area (Å²) in [6.45, 7) is 3.41. The lowest BCUT2D eigenvalue weighted by molar-refractivity contribution is -0.149. The lowest BCUT2D eigenvalue weighted by Gasteiger charge is -2.46. The van der Waals surface area contributed by atoms with Crippen molar-refractivity contribution in [2.45, 2.75) is 69.4 Å². The van der Waals surface area contributed by atoms with Crippen LogP contribution in [0.5, 0.6) is 0 Å². The van der Waals surface area contributed by atoms with Crippen LogP contribution < -0.4 is 5.32 Å². The second kappa shape index (κ2) is 9.72. The van der Waals surface area contributed by atoms with Crippen molar-refractivity contribution in [2.24, 2.45) is 0 Å². The molecule has 2 aromatic rings. The number of nitrogens with one attached hydrogen (secondary N) is 1. The maximum absolute atomic E-state index is 13.4. The van der Waals surface area contributed by atoms with Crippen LogP contribution in [0, 0.1) is 0 Å². The first-order chi connectivity index (χ1) is 16.6. The monoisotopic (exact) mass is 478 g/mol. The molecule has 0 saturated heterocycles. The van der Waals surface area contributed by atoms with E-state index >= 15 is 0 Å². The number of hydrogen-bond donors (Lipinski definition) is 2. The zero-order valence-electron chi connectivity index (χ0n) is 20.7. The summed E-state index contributed by atoms with van der Waals surface area (Å²) in [7, 11) is 1.65. The van der Waals surface area contributed by atoms with Crippen molar-refractivity contribution < 1.29 is 24.2 Å². The number of aliphatic carboxylic acids is 1. The largest absolute Gasteiger partial charge is 0.481 e. The molecule has 1 saturated carbocycles. The van der Waals surface area contributed by atoms with Gasteiger partial charge in [0.05, 0.1) is 12.0 Å². The van der Waals surface area contributed by atoms with E-state index in [9.17, 15) is 19.5 Å². The number of carboxylic acids is 1. The molecule has 0 bridgehead atoms. The Hall–Kier alpha value is -3.35. The third-order valence-corrected chi connectivity index (χ3v) is 7.57. The van der Waals surface area contributed by atoms with Crippen molar-refractivity contribution in [1.29, 1.82) is 0 Å². The lowest BCUT2D eigenvalue weighted by Crippen LogP contribution is -2.62. The number of alkyl carbamates (subject to hydrolysis) is 1. The van der Waals surface area contributed by atoms with E-state index in [2.05, 4.69) is 29.6 Å². The number of likely N-dealkylation sites (N-methyl/N-ethyl adjacent to an activating group) is 1. The van der Waals surface area contributed by atoms with Gasteiger partial charge in [-0.2, -0.15) is 0 Å². The number of nitrogens with zero attached hydrogens (tertiary/aromatic N) is 1. The molecule has 0 atom stereocenters. The molecule has 7 heteroatoms. The molecule has 7 nitrogen and oxygen atoms in total. The average Bonchev–Trinajstić information content (AvgIpc) is 3.15. The van der Waals surface area contributed by atoms with Crippen LogP contribution in [0.25, 0.3) is 11.1 Å². The van der Waals surface area contributed by atoms with Crippen molar-refractivity contribution in [3.63, 3.8) is 0 Å². The van der Waals surface area contributed by atoms with Crippen LogP contribution in [0.2, 0.25) is 0 Å². The van der Waals surface area contributed by atoms with Gasteiger partial charge in [-0.1, -0.05) is 67.8 Å². The van der Waals surface area contributed by atoms with Crippen LogP contribution in [-0.4, -0.2) is 52.7 Å². The maximum Gasteiger partial charge on any atom is 0.408 e. The summed E-state index contributed by atoms with van der Waals surface area (Å²) in [6.07, 6.45) is 3.30. The van der Waals surface area contributed by atoms with E-state index in [-0.39, 0.29) is 24.9 Å². The van der Waals surface area contributed by atoms with Crippen LogP contribution >= 0.6 is 0 Å². The van der Waals surface area contributed by atoms with Gasteiger partial charge in [0.1, 0.15) is 12.1 Å². The van der Waals surface area contributed by atoms with Crippen LogP contribution in [-0.2, 0) is 14.3 Å². The average molecular weight is 479 g/mol. The van der Waals surface area contributed by atoms with Gasteiger partial charge in [-0.15, -0.1) is 0 Å². The Labute approximate surface area is 206 Å². The van der Waals surface area contributed by atoms with E-state index in [1.54, 1.807) is 25.8 Å². The zero-order chi connectivity index (χ0) is 25.2. The van der Waals surface area contributed by atoms with Gasteiger partial charge < -0.3 is 20.1 Å². The topological polar surface area (TPSA) is 95.9 Å². The van der Waals surface area contributed by atoms with Crippen molar-refractivity contribution in [3.05, 3.63) is 59.7 Å². The Balaban J connectivity index is 1.43. The number of rotatable bonds is 7. The van der Waals surface area contributed by atoms with Crippen molar-refractivity contribution in [2.75, 3.05) is 13.7 Å². The second-order valence-electron chi connectivity index (χ2n) is 10.3. The Morgan fingerprint density at radius 1 is 1.00 bits per heavy atom. The predicted molar refractivity (Wildman–Crippen MR) is 133 cm³/mol. The third-order valence-electron chi connectivity index (χ3n) is 7.57. The number of carbonyl (C=O) groups is 3. The van der Waals surface area contributed by atoms with E-state index < -0.39 is 23.1 Å². The molecule has 2 N–H and O–H groups in total. The molecule has 35 heavy (non-hydrogen) atoms. The van der Waals surface area contributed by atoms with Crippen LogP contribution in [0.3, 0.4) is 0 Å². The molecule has 0 radical (unpaired) electrons. The standard InChI is InChI=1S/C28H34N2O5/c1-27(2,25(33)30(3)28(17-24(31)32)15-9-4-10-16-28)29-26(34)35-18-23-21-13-7-5-11-19(21)20-12-6-8-14-22(20)23/h5-8,11-14,23H,4,9-10,15-18H2,1-3H3,(H,29,34)(H,31,32). The molecule has 2 aliphatic carbocycles. The minimum atomic E-state index is -1.25. The molecular formula is C28H34N2O5. The van der Waals surface area contributed by atoms with Crippen LogP contribution in [0.4, 0.5) is 4.79 Å². The summed E-state index contributed by atoms with van der Waals surface area (Å²) in [5, 5.41) is 12.2. The van der Waals surface area contributed by atoms with E-state index in [1.165, 1.54) is 0 Å². The third kappa shape index (κ3) is 4.90. The highest BCUT2D eigenvalue weighted by Gasteiger charge is 2.45. The summed E-state index contributed by atoms with van der Waals surface area (Å²) in [5.74, 6) is -1.32. The highest BCUT2D eigenvalue weighted by atomic mass is 16.5. The Kier molecular flexibility index (Phi) is 6.88. The lowest BCUT2D eigenvalue weighted by atomic mass is 9.77. The molecule has 0 spiro atoms. The van der Waals surface area contributed by atoms with Gasteiger partial charge in [-0.05, 0) is 48.9 Å². The van der Waals surface area contributed by atoms with Gasteiger partial charge >= 0.3 is 12.1 Å². The molecule has 2 amide bonds. The summed E-state index contributed by atoms with van der Waals surface area (Å²) >= 11 is 0. The van der Waals surface area contributed by atoms with Crippen molar-refractivity contribution >= 4 is 18.0 Å². The fourth-order valence-corrected chi connectivity index (χ4v) is 5.70. The number of hydrogen-bond acceptors (Lipinski definition) is 4. The molecule has 1 fully saturated rings. The van der Waals surface area contributed by atoms with E-state index in [0.717, 1.165) is 41.5 Å². The molecular weight excluding hydrogens is 444 g/mol. The van der Waals surface area contributed by atoms with Crippen LogP contribution in [0.15, 0.2) is 48.5 Å². The summed E-state index contributed by atoms with van der Waals surface area (Å²) in [4.78, 5) is 39.4. The zero-order valence-corrected chi connectivity index (χ0v) is 20.7. The Bertz CT molecular complexity index is 1070. The number of ether oxygens (including phenoxy) is 1. The maximum atomic E-state index is 13.4. The van der Waals surface area contributed by atoms with Gasteiger partial charge in [0.15, 0.2) is 0 Å². The van der Waals surface area contributed by atoms with E-state index in [1.807, 2.05) is 24.3 Å². The highest BCUT2D eigenvalue weighted by molar-refractivity contribution is 5.90. The quantitative estimate of drug-likeness (QED) is 0.588. The summed E-state index contributed by atoms with van der Waals surface area (Å²) in [6, 6.07) is 16.2. The molecule has 4 rings (SSSR count). The Morgan fingerprint density at radius 3 is 2.09 bits per heavy atom. The Morgan fingerprint density at radius 2 is 1.54 bits per heavy atom. The molecule has 0 unspecified atom stereocenters. The second-order valence-corrected chi connectivity index (χ2v) is 10.3. The number of carbonyl (C=O) groups excluding carboxylic acids is 2.